The van der Waals surface area contributed by atoms with Gasteiger partial charge in [-0.1, -0.05) is 23.2 Å². The van der Waals surface area contributed by atoms with Gasteiger partial charge in [-0.05, 0) is 23.8 Å². The summed E-state index contributed by atoms with van der Waals surface area (Å²) in [6, 6.07) is 5.83. The van der Waals surface area contributed by atoms with Crippen LogP contribution >= 0.6 is 34.5 Å². The Morgan fingerprint density at radius 3 is 2.78 bits per heavy atom. The molecule has 0 radical (unpaired) electrons. The molecule has 0 aromatic carbocycles. The van der Waals surface area contributed by atoms with Gasteiger partial charge in [0.25, 0.3) is 0 Å². The summed E-state index contributed by atoms with van der Waals surface area (Å²) in [5.74, 6) is 0.851. The van der Waals surface area contributed by atoms with Crippen molar-refractivity contribution in [2.24, 2.45) is 5.73 Å². The highest BCUT2D eigenvalue weighted by Crippen LogP contribution is 2.25. The number of thiophene rings is 1. The molecule has 2 aromatic heterocycles. The van der Waals surface area contributed by atoms with Gasteiger partial charge in [0.15, 0.2) is 0 Å². The lowest BCUT2D eigenvalue weighted by Crippen LogP contribution is -2.17. The monoisotopic (exact) mass is 301 g/mol. The lowest BCUT2D eigenvalue weighted by Gasteiger charge is -2.18. The summed E-state index contributed by atoms with van der Waals surface area (Å²) < 4.78 is 0.796. The van der Waals surface area contributed by atoms with Gasteiger partial charge in [-0.25, -0.2) is 4.98 Å². The predicted molar refractivity (Wildman–Crippen MR) is 78.6 cm³/mol. The van der Waals surface area contributed by atoms with E-state index in [1.807, 2.05) is 30.1 Å². The molecule has 0 amide bonds. The molecule has 0 aliphatic carbocycles. The van der Waals surface area contributed by atoms with Crippen LogP contribution in [-0.4, -0.2) is 12.0 Å². The van der Waals surface area contributed by atoms with Gasteiger partial charge < -0.3 is 10.6 Å². The maximum atomic E-state index is 5.99. The number of nitrogens with two attached hydrogens (primary N) is 1. The number of hydrogen-bond donors (Lipinski definition) is 1. The smallest absolute Gasteiger partial charge is 0.128 e. The van der Waals surface area contributed by atoms with Gasteiger partial charge in [-0.2, -0.15) is 0 Å². The number of aromatic nitrogens is 1. The van der Waals surface area contributed by atoms with Gasteiger partial charge in [0.1, 0.15) is 5.82 Å². The molecule has 0 saturated heterocycles. The first-order valence-corrected chi connectivity index (χ1v) is 6.97. The van der Waals surface area contributed by atoms with Crippen LogP contribution in [0.2, 0.25) is 9.36 Å². The molecular formula is C12H13Cl2N3S. The Balaban J connectivity index is 2.15. The zero-order valence-electron chi connectivity index (χ0n) is 9.86. The Hall–Kier alpha value is -0.810. The highest BCUT2D eigenvalue weighted by atomic mass is 35.5. The molecule has 0 spiro atoms. The lowest BCUT2D eigenvalue weighted by atomic mass is 10.2. The summed E-state index contributed by atoms with van der Waals surface area (Å²) in [4.78, 5) is 7.53. The van der Waals surface area contributed by atoms with Crippen molar-refractivity contribution in [3.8, 4) is 0 Å². The van der Waals surface area contributed by atoms with Gasteiger partial charge in [0.05, 0.1) is 15.9 Å². The fourth-order valence-corrected chi connectivity index (χ4v) is 2.91. The Morgan fingerprint density at radius 2 is 2.17 bits per heavy atom. The van der Waals surface area contributed by atoms with E-state index in [2.05, 4.69) is 4.98 Å². The highest BCUT2D eigenvalue weighted by molar-refractivity contribution is 7.16. The van der Waals surface area contributed by atoms with E-state index in [-0.39, 0.29) is 0 Å². The summed E-state index contributed by atoms with van der Waals surface area (Å²) in [5, 5.41) is 0.605. The van der Waals surface area contributed by atoms with Crippen molar-refractivity contribution in [1.29, 1.82) is 0 Å². The molecule has 3 nitrogen and oxygen atoms in total. The second-order valence-electron chi connectivity index (χ2n) is 3.90. The van der Waals surface area contributed by atoms with Crippen LogP contribution in [0.1, 0.15) is 10.4 Å². The fourth-order valence-electron chi connectivity index (χ4n) is 1.58. The maximum Gasteiger partial charge on any atom is 0.128 e. The summed E-state index contributed by atoms with van der Waals surface area (Å²) in [5.41, 5.74) is 6.53. The van der Waals surface area contributed by atoms with E-state index in [4.69, 9.17) is 28.9 Å². The third kappa shape index (κ3) is 3.14. The molecule has 96 valence electrons. The Morgan fingerprint density at radius 1 is 1.39 bits per heavy atom. The molecule has 0 fully saturated rings. The SMILES string of the molecule is CN(Cc1ccc(Cl)s1)c1cc(CN)c(Cl)cn1. The minimum Gasteiger partial charge on any atom is -0.355 e. The molecular weight excluding hydrogens is 289 g/mol. The number of hydrogen-bond acceptors (Lipinski definition) is 4. The van der Waals surface area contributed by atoms with Crippen molar-refractivity contribution < 1.29 is 0 Å². The average Bonchev–Trinajstić information content (AvgIpc) is 2.75. The second-order valence-corrected chi connectivity index (χ2v) is 6.11. The summed E-state index contributed by atoms with van der Waals surface area (Å²) in [6.07, 6.45) is 1.64. The van der Waals surface area contributed by atoms with E-state index in [0.717, 1.165) is 22.3 Å². The maximum absolute atomic E-state index is 5.99. The summed E-state index contributed by atoms with van der Waals surface area (Å²) in [6.45, 7) is 1.17. The normalized spacial score (nSPS) is 10.7. The van der Waals surface area contributed by atoms with Crippen molar-refractivity contribution >= 4 is 40.4 Å². The largest absolute Gasteiger partial charge is 0.355 e. The van der Waals surface area contributed by atoms with E-state index in [9.17, 15) is 0 Å². The molecule has 2 heterocycles. The summed E-state index contributed by atoms with van der Waals surface area (Å²) in [7, 11) is 1.98. The molecule has 0 aliphatic heterocycles. The molecule has 0 unspecified atom stereocenters. The molecule has 6 heteroatoms. The molecule has 2 N–H and O–H groups in total. The second kappa shape index (κ2) is 5.89. The van der Waals surface area contributed by atoms with E-state index >= 15 is 0 Å². The topological polar surface area (TPSA) is 42.1 Å². The van der Waals surface area contributed by atoms with Crippen molar-refractivity contribution in [3.63, 3.8) is 0 Å². The van der Waals surface area contributed by atoms with E-state index < -0.39 is 0 Å². The molecule has 0 bridgehead atoms. The Labute approximate surface area is 120 Å². The highest BCUT2D eigenvalue weighted by Gasteiger charge is 2.08. The first-order valence-electron chi connectivity index (χ1n) is 5.40. The Bertz CT molecular complexity index is 542. The first-order chi connectivity index (χ1) is 8.60. The van der Waals surface area contributed by atoms with Crippen LogP contribution in [0.25, 0.3) is 0 Å². The van der Waals surface area contributed by atoms with Crippen molar-refractivity contribution in [3.05, 3.63) is 44.2 Å². The van der Waals surface area contributed by atoms with Crippen LogP contribution in [0.5, 0.6) is 0 Å². The lowest BCUT2D eigenvalue weighted by molar-refractivity contribution is 0.906. The number of anilines is 1. The molecule has 0 aliphatic rings. The third-order valence-electron chi connectivity index (χ3n) is 2.55. The zero-order chi connectivity index (χ0) is 13.1. The molecule has 2 aromatic rings. The molecule has 18 heavy (non-hydrogen) atoms. The molecule has 0 atom stereocenters. The summed E-state index contributed by atoms with van der Waals surface area (Å²) >= 11 is 13.5. The van der Waals surface area contributed by atoms with Crippen molar-refractivity contribution in [1.82, 2.24) is 4.98 Å². The first kappa shape index (κ1) is 13.6. The van der Waals surface area contributed by atoms with E-state index in [1.165, 1.54) is 4.88 Å². The average molecular weight is 302 g/mol. The number of halogens is 2. The van der Waals surface area contributed by atoms with Crippen molar-refractivity contribution in [2.75, 3.05) is 11.9 Å². The Kier molecular flexibility index (Phi) is 4.45. The third-order valence-corrected chi connectivity index (χ3v) is 4.11. The van der Waals surface area contributed by atoms with Gasteiger partial charge in [0.2, 0.25) is 0 Å². The van der Waals surface area contributed by atoms with Gasteiger partial charge >= 0.3 is 0 Å². The van der Waals surface area contributed by atoms with E-state index in [1.54, 1.807) is 17.5 Å². The van der Waals surface area contributed by atoms with E-state index in [0.29, 0.717) is 11.6 Å². The minimum atomic E-state index is 0.410. The predicted octanol–water partition coefficient (Wildman–Crippen LogP) is 3.55. The van der Waals surface area contributed by atoms with Crippen molar-refractivity contribution in [2.45, 2.75) is 13.1 Å². The van der Waals surface area contributed by atoms with Gasteiger partial charge in [0, 0.05) is 24.7 Å². The zero-order valence-corrected chi connectivity index (χ0v) is 12.2. The minimum absolute atomic E-state index is 0.410. The fraction of sp³-hybridized carbons (Fsp3) is 0.250. The molecule has 2 rings (SSSR count). The van der Waals surface area contributed by atoms with Crippen LogP contribution in [-0.2, 0) is 13.1 Å². The van der Waals surface area contributed by atoms with Gasteiger partial charge in [-0.3, -0.25) is 0 Å². The van der Waals surface area contributed by atoms with Crippen LogP contribution < -0.4 is 10.6 Å². The quantitative estimate of drug-likeness (QED) is 0.939. The number of rotatable bonds is 4. The van der Waals surface area contributed by atoms with Gasteiger partial charge in [-0.15, -0.1) is 11.3 Å². The molecule has 0 saturated carbocycles. The number of nitrogens with zero attached hydrogens (tertiary/aromatic N) is 2. The van der Waals surface area contributed by atoms with Crippen LogP contribution in [0.3, 0.4) is 0 Å². The van der Waals surface area contributed by atoms with Crippen LogP contribution in [0.15, 0.2) is 24.4 Å². The van der Waals surface area contributed by atoms with Crippen LogP contribution in [0.4, 0.5) is 5.82 Å². The van der Waals surface area contributed by atoms with Crippen LogP contribution in [0, 0.1) is 0 Å². The number of pyridine rings is 1. The standard InChI is InChI=1S/C12H13Cl2N3S/c1-17(7-9-2-3-11(14)18-9)12-4-8(5-15)10(13)6-16-12/h2-4,6H,5,7,15H2,1H3.